The Morgan fingerprint density at radius 3 is 1.73 bits per heavy atom. The first-order chi connectivity index (χ1) is 10.5. The average molecular weight is 315 g/mol. The molecule has 0 aliphatic rings. The molecule has 0 atom stereocenters. The summed E-state index contributed by atoms with van der Waals surface area (Å²) in [5.41, 5.74) is 5.04. The minimum atomic E-state index is -0.442. The molecular weight excluding hydrogens is 276 g/mol. The van der Waals surface area contributed by atoms with Crippen LogP contribution in [0.25, 0.3) is 0 Å². The Labute approximate surface area is 137 Å². The van der Waals surface area contributed by atoms with Crippen molar-refractivity contribution in [3.8, 4) is 0 Å². The quantitative estimate of drug-likeness (QED) is 0.357. The molecule has 0 heterocycles. The first-order valence-corrected chi connectivity index (χ1v) is 9.17. The van der Waals surface area contributed by atoms with Crippen molar-refractivity contribution in [2.75, 3.05) is 6.54 Å². The summed E-state index contributed by atoms with van der Waals surface area (Å²) < 4.78 is 5.13. The predicted molar refractivity (Wildman–Crippen MR) is 93.8 cm³/mol. The molecule has 0 aromatic heterocycles. The van der Waals surface area contributed by atoms with Crippen molar-refractivity contribution in [1.29, 1.82) is 0 Å². The number of hydrazine groups is 1. The lowest BCUT2D eigenvalue weighted by Gasteiger charge is -2.19. The van der Waals surface area contributed by atoms with Crippen LogP contribution in [0, 0.1) is 0 Å². The molecule has 0 radical (unpaired) electrons. The van der Waals surface area contributed by atoms with Crippen molar-refractivity contribution in [3.63, 3.8) is 0 Å². The molecule has 0 unspecified atom stereocenters. The van der Waals surface area contributed by atoms with Gasteiger partial charge in [-0.2, -0.15) is 0 Å². The van der Waals surface area contributed by atoms with Crippen molar-refractivity contribution < 1.29 is 9.53 Å². The van der Waals surface area contributed by atoms with Gasteiger partial charge in [-0.3, -0.25) is 5.43 Å². The highest BCUT2D eigenvalue weighted by molar-refractivity contribution is 5.66. The Balaban J connectivity index is 3.16. The SMILES string of the molecule is CCCCCCCCCCCCCNNC(=O)OC(C)(C)C. The van der Waals surface area contributed by atoms with Gasteiger partial charge in [-0.05, 0) is 27.2 Å². The van der Waals surface area contributed by atoms with Crippen molar-refractivity contribution in [2.45, 2.75) is 104 Å². The van der Waals surface area contributed by atoms with Gasteiger partial charge in [0.25, 0.3) is 0 Å². The van der Waals surface area contributed by atoms with E-state index in [4.69, 9.17) is 4.74 Å². The smallest absolute Gasteiger partial charge is 0.422 e. The van der Waals surface area contributed by atoms with Crippen LogP contribution in [0.2, 0.25) is 0 Å². The van der Waals surface area contributed by atoms with Crippen LogP contribution >= 0.6 is 0 Å². The van der Waals surface area contributed by atoms with Crippen molar-refractivity contribution in [1.82, 2.24) is 10.9 Å². The Morgan fingerprint density at radius 2 is 1.27 bits per heavy atom. The van der Waals surface area contributed by atoms with Gasteiger partial charge in [-0.1, -0.05) is 71.1 Å². The van der Waals surface area contributed by atoms with E-state index in [1.165, 1.54) is 64.2 Å². The highest BCUT2D eigenvalue weighted by Crippen LogP contribution is 2.11. The molecule has 0 aromatic carbocycles. The van der Waals surface area contributed by atoms with E-state index in [0.717, 1.165) is 13.0 Å². The average Bonchev–Trinajstić information content (AvgIpc) is 2.42. The number of nitrogens with one attached hydrogen (secondary N) is 2. The molecule has 0 aliphatic carbocycles. The third kappa shape index (κ3) is 17.3. The summed E-state index contributed by atoms with van der Waals surface area (Å²) in [4.78, 5) is 11.4. The molecule has 1 amide bonds. The fraction of sp³-hybridized carbons (Fsp3) is 0.944. The maximum absolute atomic E-state index is 11.4. The van der Waals surface area contributed by atoms with Gasteiger partial charge in [0.05, 0.1) is 0 Å². The van der Waals surface area contributed by atoms with Crippen molar-refractivity contribution >= 4 is 6.09 Å². The highest BCUT2D eigenvalue weighted by Gasteiger charge is 2.15. The largest absolute Gasteiger partial charge is 0.443 e. The number of hydrogen-bond acceptors (Lipinski definition) is 3. The lowest BCUT2D eigenvalue weighted by Crippen LogP contribution is -2.41. The summed E-state index contributed by atoms with van der Waals surface area (Å²) in [5.74, 6) is 0. The molecule has 0 aliphatic heterocycles. The van der Waals surface area contributed by atoms with E-state index in [9.17, 15) is 4.79 Å². The topological polar surface area (TPSA) is 50.4 Å². The van der Waals surface area contributed by atoms with Crippen LogP contribution in [0.4, 0.5) is 4.79 Å². The van der Waals surface area contributed by atoms with Gasteiger partial charge >= 0.3 is 6.09 Å². The van der Waals surface area contributed by atoms with Crippen LogP contribution in [0.15, 0.2) is 0 Å². The summed E-state index contributed by atoms with van der Waals surface area (Å²) in [7, 11) is 0. The highest BCUT2D eigenvalue weighted by atomic mass is 16.6. The summed E-state index contributed by atoms with van der Waals surface area (Å²) in [6.07, 6.45) is 14.2. The van der Waals surface area contributed by atoms with Crippen LogP contribution in [-0.4, -0.2) is 18.2 Å². The van der Waals surface area contributed by atoms with Gasteiger partial charge in [-0.15, -0.1) is 0 Å². The molecule has 0 rings (SSSR count). The van der Waals surface area contributed by atoms with E-state index in [1.54, 1.807) is 0 Å². The van der Waals surface area contributed by atoms with Crippen LogP contribution in [0.3, 0.4) is 0 Å². The van der Waals surface area contributed by atoms with Crippen LogP contribution in [-0.2, 0) is 4.74 Å². The Bertz CT molecular complexity index is 262. The van der Waals surface area contributed by atoms with E-state index in [2.05, 4.69) is 17.8 Å². The molecule has 22 heavy (non-hydrogen) atoms. The molecule has 0 bridgehead atoms. The molecule has 0 saturated carbocycles. The summed E-state index contributed by atoms with van der Waals surface area (Å²) in [6.45, 7) is 8.64. The lowest BCUT2D eigenvalue weighted by molar-refractivity contribution is 0.0498. The van der Waals surface area contributed by atoms with Gasteiger partial charge in [0.15, 0.2) is 0 Å². The fourth-order valence-corrected chi connectivity index (χ4v) is 2.32. The molecule has 0 fully saturated rings. The molecule has 4 nitrogen and oxygen atoms in total. The molecule has 0 aromatic rings. The van der Waals surface area contributed by atoms with Crippen LogP contribution in [0.5, 0.6) is 0 Å². The monoisotopic (exact) mass is 314 g/mol. The number of carbonyl (C=O) groups is 1. The lowest BCUT2D eigenvalue weighted by atomic mass is 10.1. The van der Waals surface area contributed by atoms with Crippen molar-refractivity contribution in [2.24, 2.45) is 0 Å². The summed E-state index contributed by atoms with van der Waals surface area (Å²) >= 11 is 0. The minimum absolute atomic E-state index is 0.407. The van der Waals surface area contributed by atoms with E-state index < -0.39 is 11.7 Å². The van der Waals surface area contributed by atoms with Gasteiger partial charge in [-0.25, -0.2) is 10.2 Å². The van der Waals surface area contributed by atoms with E-state index in [-0.39, 0.29) is 0 Å². The third-order valence-electron chi connectivity index (χ3n) is 3.49. The number of rotatable bonds is 13. The first-order valence-electron chi connectivity index (χ1n) is 9.17. The number of hydrogen-bond donors (Lipinski definition) is 2. The zero-order valence-electron chi connectivity index (χ0n) is 15.3. The number of ether oxygens (including phenoxy) is 1. The number of amides is 1. The van der Waals surface area contributed by atoms with E-state index in [0.29, 0.717) is 0 Å². The van der Waals surface area contributed by atoms with Crippen LogP contribution < -0.4 is 10.9 Å². The molecule has 0 spiro atoms. The zero-order chi connectivity index (χ0) is 16.7. The van der Waals surface area contributed by atoms with Gasteiger partial charge in [0.2, 0.25) is 0 Å². The second-order valence-corrected chi connectivity index (χ2v) is 7.09. The predicted octanol–water partition coefficient (Wildman–Crippen LogP) is 5.33. The van der Waals surface area contributed by atoms with Crippen LogP contribution in [0.1, 0.15) is 98.3 Å². The second-order valence-electron chi connectivity index (χ2n) is 7.09. The third-order valence-corrected chi connectivity index (χ3v) is 3.49. The van der Waals surface area contributed by atoms with Gasteiger partial charge in [0.1, 0.15) is 5.60 Å². The Morgan fingerprint density at radius 1 is 0.818 bits per heavy atom. The number of carbonyl (C=O) groups excluding carboxylic acids is 1. The maximum atomic E-state index is 11.4. The van der Waals surface area contributed by atoms with E-state index in [1.807, 2.05) is 20.8 Å². The second kappa shape index (κ2) is 13.9. The first kappa shape index (κ1) is 21.2. The molecule has 132 valence electrons. The van der Waals surface area contributed by atoms with Crippen molar-refractivity contribution in [3.05, 3.63) is 0 Å². The normalized spacial score (nSPS) is 11.5. The molecular formula is C18H38N2O2. The van der Waals surface area contributed by atoms with Gasteiger partial charge < -0.3 is 4.74 Å². The molecule has 4 heteroatoms. The molecule has 0 saturated heterocycles. The summed E-state index contributed by atoms with van der Waals surface area (Å²) in [6, 6.07) is 0. The fourth-order valence-electron chi connectivity index (χ4n) is 2.32. The zero-order valence-corrected chi connectivity index (χ0v) is 15.3. The van der Waals surface area contributed by atoms with E-state index >= 15 is 0 Å². The number of unbranched alkanes of at least 4 members (excludes halogenated alkanes) is 10. The molecule has 2 N–H and O–H groups in total. The summed E-state index contributed by atoms with van der Waals surface area (Å²) in [5, 5.41) is 0. The maximum Gasteiger partial charge on any atom is 0.422 e. The standard InChI is InChI=1S/C18H38N2O2/c1-5-6-7-8-9-10-11-12-13-14-15-16-19-20-17(21)22-18(2,3)4/h19H,5-16H2,1-4H3,(H,20,21). The Kier molecular flexibility index (Phi) is 13.4. The minimum Gasteiger partial charge on any atom is -0.443 e. The van der Waals surface area contributed by atoms with Gasteiger partial charge in [0, 0.05) is 6.54 Å². The Hall–Kier alpha value is -0.770.